The number of pyridine rings is 1. The molecule has 0 aliphatic heterocycles. The molecule has 0 bridgehead atoms. The molecular weight excluding hydrogens is 479 g/mol. The standard InChI is InChI=1S/C24H14Cl2N4O2S/c25-17-9-3-1-7-14(17)20-21(15-8-2-4-10-18(15)26)33-24(28-20)29-22(31)16-13-27-19-11-5-6-12-30(19)23(16)32/h1-13H,(H,28,29,31). The van der Waals surface area contributed by atoms with Crippen molar-refractivity contribution < 1.29 is 4.79 Å². The highest BCUT2D eigenvalue weighted by atomic mass is 35.5. The third kappa shape index (κ3) is 4.02. The summed E-state index contributed by atoms with van der Waals surface area (Å²) in [6.07, 6.45) is 2.83. The molecule has 162 valence electrons. The van der Waals surface area contributed by atoms with Gasteiger partial charge in [0, 0.05) is 28.5 Å². The Morgan fingerprint density at radius 2 is 1.58 bits per heavy atom. The van der Waals surface area contributed by atoms with Gasteiger partial charge in [0.2, 0.25) is 0 Å². The molecule has 0 radical (unpaired) electrons. The van der Waals surface area contributed by atoms with E-state index in [0.717, 1.165) is 10.4 Å². The van der Waals surface area contributed by atoms with E-state index in [1.807, 2.05) is 36.4 Å². The fourth-order valence-electron chi connectivity index (χ4n) is 3.38. The molecule has 3 aromatic heterocycles. The van der Waals surface area contributed by atoms with E-state index in [0.29, 0.717) is 32.1 Å². The number of hydrogen-bond acceptors (Lipinski definition) is 5. The Labute approximate surface area is 202 Å². The quantitative estimate of drug-likeness (QED) is 0.331. The maximum Gasteiger partial charge on any atom is 0.270 e. The summed E-state index contributed by atoms with van der Waals surface area (Å²) in [5, 5.41) is 4.10. The first-order valence-corrected chi connectivity index (χ1v) is 11.4. The predicted molar refractivity (Wildman–Crippen MR) is 132 cm³/mol. The van der Waals surface area contributed by atoms with Crippen LogP contribution in [0.15, 0.2) is 83.9 Å². The number of thiazole rings is 1. The molecule has 0 unspecified atom stereocenters. The highest BCUT2D eigenvalue weighted by Crippen LogP contribution is 2.43. The van der Waals surface area contributed by atoms with Gasteiger partial charge in [-0.1, -0.05) is 77.0 Å². The Kier molecular flexibility index (Phi) is 5.68. The predicted octanol–water partition coefficient (Wildman–Crippen LogP) is 6.04. The Morgan fingerprint density at radius 1 is 0.909 bits per heavy atom. The van der Waals surface area contributed by atoms with E-state index < -0.39 is 11.5 Å². The SMILES string of the molecule is O=C(Nc1nc(-c2ccccc2Cl)c(-c2ccccc2Cl)s1)c1cnc2ccccn2c1=O. The Balaban J connectivity index is 1.59. The fraction of sp³-hybridized carbons (Fsp3) is 0. The lowest BCUT2D eigenvalue weighted by molar-refractivity contribution is 0.102. The summed E-state index contributed by atoms with van der Waals surface area (Å²) < 4.78 is 1.32. The average molecular weight is 493 g/mol. The van der Waals surface area contributed by atoms with Gasteiger partial charge in [0.1, 0.15) is 11.2 Å². The third-order valence-electron chi connectivity index (χ3n) is 4.95. The van der Waals surface area contributed by atoms with Crippen molar-refractivity contribution in [3.63, 3.8) is 0 Å². The molecule has 6 nitrogen and oxygen atoms in total. The van der Waals surface area contributed by atoms with Crippen molar-refractivity contribution in [2.24, 2.45) is 0 Å². The number of aromatic nitrogens is 3. The second-order valence-electron chi connectivity index (χ2n) is 7.02. The lowest BCUT2D eigenvalue weighted by Gasteiger charge is -2.06. The molecule has 9 heteroatoms. The zero-order valence-electron chi connectivity index (χ0n) is 16.8. The molecular formula is C24H14Cl2N4O2S. The molecule has 5 rings (SSSR count). The first-order valence-electron chi connectivity index (χ1n) is 9.81. The number of benzene rings is 2. The van der Waals surface area contributed by atoms with Gasteiger partial charge < -0.3 is 0 Å². The van der Waals surface area contributed by atoms with Crippen molar-refractivity contribution in [1.82, 2.24) is 14.4 Å². The van der Waals surface area contributed by atoms with E-state index in [2.05, 4.69) is 15.3 Å². The monoisotopic (exact) mass is 492 g/mol. The lowest BCUT2D eigenvalue weighted by atomic mass is 10.1. The van der Waals surface area contributed by atoms with Gasteiger partial charge in [-0.3, -0.25) is 19.3 Å². The zero-order valence-corrected chi connectivity index (χ0v) is 19.2. The first kappa shape index (κ1) is 21.3. The second kappa shape index (κ2) is 8.78. The number of rotatable bonds is 4. The van der Waals surface area contributed by atoms with Crippen molar-refractivity contribution >= 4 is 51.2 Å². The van der Waals surface area contributed by atoms with Crippen LogP contribution in [0.1, 0.15) is 10.4 Å². The molecule has 1 amide bonds. The minimum atomic E-state index is -0.601. The van der Waals surface area contributed by atoms with E-state index >= 15 is 0 Å². The minimum absolute atomic E-state index is 0.0903. The number of carbonyl (C=O) groups excluding carboxylic acids is 1. The number of amides is 1. The normalized spacial score (nSPS) is 11.0. The summed E-state index contributed by atoms with van der Waals surface area (Å²) >= 11 is 14.1. The number of hydrogen-bond donors (Lipinski definition) is 1. The van der Waals surface area contributed by atoms with Crippen LogP contribution >= 0.6 is 34.5 Å². The number of anilines is 1. The van der Waals surface area contributed by atoms with E-state index in [-0.39, 0.29) is 5.56 Å². The highest BCUT2D eigenvalue weighted by molar-refractivity contribution is 7.19. The summed E-state index contributed by atoms with van der Waals surface area (Å²) in [5.41, 5.74) is 1.95. The van der Waals surface area contributed by atoms with Crippen LogP contribution in [0.5, 0.6) is 0 Å². The summed E-state index contributed by atoms with van der Waals surface area (Å²) in [5.74, 6) is -0.601. The molecule has 0 saturated heterocycles. The molecule has 0 fully saturated rings. The van der Waals surface area contributed by atoms with Crippen LogP contribution < -0.4 is 10.9 Å². The van der Waals surface area contributed by atoms with E-state index in [9.17, 15) is 9.59 Å². The Bertz CT molecular complexity index is 1520. The summed E-state index contributed by atoms with van der Waals surface area (Å²) in [7, 11) is 0. The molecule has 3 heterocycles. The summed E-state index contributed by atoms with van der Waals surface area (Å²) in [6, 6.07) is 19.8. The van der Waals surface area contributed by atoms with Gasteiger partial charge in [-0.2, -0.15) is 0 Å². The topological polar surface area (TPSA) is 76.4 Å². The van der Waals surface area contributed by atoms with Crippen molar-refractivity contribution in [2.45, 2.75) is 0 Å². The maximum absolute atomic E-state index is 13.0. The fourth-order valence-corrected chi connectivity index (χ4v) is 4.91. The summed E-state index contributed by atoms with van der Waals surface area (Å²) in [4.78, 5) is 35.3. The van der Waals surface area contributed by atoms with Crippen LogP contribution in [0.2, 0.25) is 10.0 Å². The van der Waals surface area contributed by atoms with Crippen LogP contribution in [0, 0.1) is 0 Å². The van der Waals surface area contributed by atoms with Gasteiger partial charge >= 0.3 is 0 Å². The van der Waals surface area contributed by atoms with Gasteiger partial charge in [-0.25, -0.2) is 9.97 Å². The first-order chi connectivity index (χ1) is 16.0. The molecule has 0 saturated carbocycles. The van der Waals surface area contributed by atoms with E-state index in [1.165, 1.54) is 21.9 Å². The van der Waals surface area contributed by atoms with Crippen LogP contribution in [0.4, 0.5) is 5.13 Å². The van der Waals surface area contributed by atoms with Gasteiger partial charge in [0.05, 0.1) is 15.6 Å². The highest BCUT2D eigenvalue weighted by Gasteiger charge is 2.21. The zero-order chi connectivity index (χ0) is 22.9. The van der Waals surface area contributed by atoms with Gasteiger partial charge in [-0.15, -0.1) is 0 Å². The van der Waals surface area contributed by atoms with Crippen molar-refractivity contribution in [3.05, 3.63) is 105 Å². The van der Waals surface area contributed by atoms with Gasteiger partial charge in [-0.05, 0) is 24.3 Å². The molecule has 0 aliphatic carbocycles. The van der Waals surface area contributed by atoms with Crippen LogP contribution in [-0.4, -0.2) is 20.3 Å². The molecule has 0 spiro atoms. The number of nitrogens with one attached hydrogen (secondary N) is 1. The van der Waals surface area contributed by atoms with Crippen LogP contribution in [0.3, 0.4) is 0 Å². The number of fused-ring (bicyclic) bond motifs is 1. The van der Waals surface area contributed by atoms with Crippen LogP contribution in [-0.2, 0) is 0 Å². The van der Waals surface area contributed by atoms with E-state index in [4.69, 9.17) is 23.2 Å². The molecule has 1 N–H and O–H groups in total. The number of carbonyl (C=O) groups is 1. The number of halogens is 2. The largest absolute Gasteiger partial charge is 0.298 e. The molecule has 0 atom stereocenters. The maximum atomic E-state index is 13.0. The smallest absolute Gasteiger partial charge is 0.270 e. The number of nitrogens with zero attached hydrogens (tertiary/aromatic N) is 3. The molecule has 5 aromatic rings. The Morgan fingerprint density at radius 3 is 2.30 bits per heavy atom. The average Bonchev–Trinajstić information content (AvgIpc) is 3.23. The summed E-state index contributed by atoms with van der Waals surface area (Å²) in [6.45, 7) is 0. The second-order valence-corrected chi connectivity index (χ2v) is 8.83. The molecule has 0 aliphatic rings. The van der Waals surface area contributed by atoms with Crippen LogP contribution in [0.25, 0.3) is 27.3 Å². The van der Waals surface area contributed by atoms with Crippen molar-refractivity contribution in [3.8, 4) is 21.7 Å². The van der Waals surface area contributed by atoms with Gasteiger partial charge in [0.25, 0.3) is 11.5 Å². The third-order valence-corrected chi connectivity index (χ3v) is 6.62. The van der Waals surface area contributed by atoms with E-state index in [1.54, 1.807) is 36.5 Å². The Hall–Kier alpha value is -3.52. The molecule has 33 heavy (non-hydrogen) atoms. The van der Waals surface area contributed by atoms with Crippen molar-refractivity contribution in [1.29, 1.82) is 0 Å². The molecule has 2 aromatic carbocycles. The lowest BCUT2D eigenvalue weighted by Crippen LogP contribution is -2.26. The van der Waals surface area contributed by atoms with Crippen molar-refractivity contribution in [2.75, 3.05) is 5.32 Å². The minimum Gasteiger partial charge on any atom is -0.298 e. The van der Waals surface area contributed by atoms with Gasteiger partial charge in [0.15, 0.2) is 5.13 Å².